The van der Waals surface area contributed by atoms with E-state index in [1.807, 2.05) is 0 Å². The first-order chi connectivity index (χ1) is 8.74. The zero-order valence-electron chi connectivity index (χ0n) is 9.55. The van der Waals surface area contributed by atoms with Crippen LogP contribution in [0.1, 0.15) is 11.6 Å². The fourth-order valence-electron chi connectivity index (χ4n) is 1.27. The van der Waals surface area contributed by atoms with Gasteiger partial charge in [-0.15, -0.1) is 0 Å². The van der Waals surface area contributed by atoms with Gasteiger partial charge in [0, 0.05) is 10.0 Å². The highest BCUT2D eigenvalue weighted by molar-refractivity contribution is 6.33. The second-order valence-corrected chi connectivity index (χ2v) is 4.69. The second kappa shape index (κ2) is 6.74. The summed E-state index contributed by atoms with van der Waals surface area (Å²) in [6.45, 7) is -1.78. The molecule has 0 radical (unpaired) electrons. The molecule has 1 atom stereocenters. The van der Waals surface area contributed by atoms with Gasteiger partial charge in [0.2, 0.25) is 0 Å². The standard InChI is InChI=1S/C11H11Cl2F4NO/c12-6-1-2-8(13)7(3-6)9(18)4-19-5-11(16,17)10(14)15/h1-3,9-10H,4-5,18H2. The Morgan fingerprint density at radius 3 is 2.47 bits per heavy atom. The first-order valence-corrected chi connectivity index (χ1v) is 5.94. The molecule has 0 saturated heterocycles. The Labute approximate surface area is 117 Å². The molecule has 0 aliphatic heterocycles. The number of hydrogen-bond donors (Lipinski definition) is 1. The molecule has 0 aliphatic carbocycles. The minimum Gasteiger partial charge on any atom is -0.373 e. The van der Waals surface area contributed by atoms with E-state index in [1.165, 1.54) is 18.2 Å². The van der Waals surface area contributed by atoms with E-state index in [2.05, 4.69) is 4.74 Å². The Hall–Kier alpha value is -0.560. The van der Waals surface area contributed by atoms with Crippen LogP contribution in [-0.2, 0) is 4.74 Å². The van der Waals surface area contributed by atoms with Gasteiger partial charge in [0.15, 0.2) is 0 Å². The van der Waals surface area contributed by atoms with Crippen molar-refractivity contribution in [3.05, 3.63) is 33.8 Å². The number of benzene rings is 1. The van der Waals surface area contributed by atoms with Crippen LogP contribution < -0.4 is 5.73 Å². The summed E-state index contributed by atoms with van der Waals surface area (Å²) in [5.41, 5.74) is 6.07. The summed E-state index contributed by atoms with van der Waals surface area (Å²) in [6, 6.07) is 3.65. The lowest BCUT2D eigenvalue weighted by Crippen LogP contribution is -2.33. The Morgan fingerprint density at radius 1 is 1.26 bits per heavy atom. The molecule has 1 unspecified atom stereocenters. The van der Waals surface area contributed by atoms with Crippen molar-refractivity contribution in [3.63, 3.8) is 0 Å². The maximum atomic E-state index is 12.6. The number of nitrogens with two attached hydrogens (primary N) is 1. The number of hydrogen-bond acceptors (Lipinski definition) is 2. The normalized spacial score (nSPS) is 13.9. The van der Waals surface area contributed by atoms with Gasteiger partial charge in [-0.25, -0.2) is 8.78 Å². The third kappa shape index (κ3) is 4.80. The van der Waals surface area contributed by atoms with Gasteiger partial charge in [-0.3, -0.25) is 0 Å². The molecule has 0 aromatic heterocycles. The van der Waals surface area contributed by atoms with E-state index < -0.39 is 25.0 Å². The van der Waals surface area contributed by atoms with Crippen LogP contribution in [0.25, 0.3) is 0 Å². The van der Waals surface area contributed by atoms with E-state index in [0.717, 1.165) is 0 Å². The predicted octanol–water partition coefficient (Wildman–Crippen LogP) is 3.91. The Kier molecular flexibility index (Phi) is 5.85. The zero-order chi connectivity index (χ0) is 14.6. The topological polar surface area (TPSA) is 35.2 Å². The molecule has 19 heavy (non-hydrogen) atoms. The average Bonchev–Trinajstić information content (AvgIpc) is 2.31. The van der Waals surface area contributed by atoms with Crippen LogP contribution in [0, 0.1) is 0 Å². The fourth-order valence-corrected chi connectivity index (χ4v) is 1.71. The molecule has 0 saturated carbocycles. The molecule has 0 heterocycles. The van der Waals surface area contributed by atoms with Crippen molar-refractivity contribution in [2.75, 3.05) is 13.2 Å². The summed E-state index contributed by atoms with van der Waals surface area (Å²) in [4.78, 5) is 0. The Morgan fingerprint density at radius 2 is 1.89 bits per heavy atom. The molecule has 108 valence electrons. The molecule has 1 aromatic carbocycles. The van der Waals surface area contributed by atoms with Crippen molar-refractivity contribution in [3.8, 4) is 0 Å². The molecule has 8 heteroatoms. The van der Waals surface area contributed by atoms with E-state index in [4.69, 9.17) is 28.9 Å². The van der Waals surface area contributed by atoms with Gasteiger partial charge in [-0.05, 0) is 23.8 Å². The van der Waals surface area contributed by atoms with Gasteiger partial charge in [-0.2, -0.15) is 8.78 Å². The van der Waals surface area contributed by atoms with Gasteiger partial charge >= 0.3 is 12.3 Å². The van der Waals surface area contributed by atoms with Gasteiger partial charge < -0.3 is 10.5 Å². The monoisotopic (exact) mass is 319 g/mol. The first kappa shape index (κ1) is 16.5. The molecule has 0 amide bonds. The van der Waals surface area contributed by atoms with Gasteiger partial charge in [-0.1, -0.05) is 23.2 Å². The lowest BCUT2D eigenvalue weighted by molar-refractivity contribution is -0.166. The SMILES string of the molecule is NC(COCC(F)(F)C(F)F)c1cc(Cl)ccc1Cl. The third-order valence-corrected chi connectivity index (χ3v) is 2.85. The van der Waals surface area contributed by atoms with E-state index in [9.17, 15) is 17.6 Å². The zero-order valence-corrected chi connectivity index (χ0v) is 11.1. The summed E-state index contributed by atoms with van der Waals surface area (Å²) in [6.07, 6.45) is -3.78. The molecule has 2 N–H and O–H groups in total. The van der Waals surface area contributed by atoms with E-state index in [-0.39, 0.29) is 6.61 Å². The highest BCUT2D eigenvalue weighted by Crippen LogP contribution is 2.27. The molecule has 0 spiro atoms. The van der Waals surface area contributed by atoms with Crippen molar-refractivity contribution in [2.45, 2.75) is 18.4 Å². The van der Waals surface area contributed by atoms with Crippen molar-refractivity contribution < 1.29 is 22.3 Å². The number of rotatable bonds is 6. The third-order valence-electron chi connectivity index (χ3n) is 2.27. The van der Waals surface area contributed by atoms with E-state index >= 15 is 0 Å². The highest BCUT2D eigenvalue weighted by atomic mass is 35.5. The molecular weight excluding hydrogens is 309 g/mol. The Bertz CT molecular complexity index is 431. The average molecular weight is 320 g/mol. The fraction of sp³-hybridized carbons (Fsp3) is 0.455. The maximum Gasteiger partial charge on any atom is 0.330 e. The quantitative estimate of drug-likeness (QED) is 0.807. The van der Waals surface area contributed by atoms with Crippen LogP contribution in [0.15, 0.2) is 18.2 Å². The summed E-state index contributed by atoms with van der Waals surface area (Å²) in [7, 11) is 0. The van der Waals surface area contributed by atoms with Crippen LogP contribution in [0.3, 0.4) is 0 Å². The minimum atomic E-state index is -4.20. The van der Waals surface area contributed by atoms with Gasteiger partial charge in [0.25, 0.3) is 0 Å². The first-order valence-electron chi connectivity index (χ1n) is 5.18. The molecule has 1 aromatic rings. The Balaban J connectivity index is 2.56. The van der Waals surface area contributed by atoms with Crippen molar-refractivity contribution in [1.29, 1.82) is 0 Å². The van der Waals surface area contributed by atoms with Crippen LogP contribution in [0.5, 0.6) is 0 Å². The molecule has 0 fully saturated rings. The van der Waals surface area contributed by atoms with E-state index in [1.54, 1.807) is 0 Å². The largest absolute Gasteiger partial charge is 0.373 e. The van der Waals surface area contributed by atoms with Gasteiger partial charge in [0.1, 0.15) is 6.61 Å². The molecule has 0 aliphatic rings. The van der Waals surface area contributed by atoms with Crippen molar-refractivity contribution >= 4 is 23.2 Å². The summed E-state index contributed by atoms with van der Waals surface area (Å²) < 4.78 is 53.4. The van der Waals surface area contributed by atoms with Crippen LogP contribution in [0.2, 0.25) is 10.0 Å². The molecular formula is C11H11Cl2F4NO. The summed E-state index contributed by atoms with van der Waals surface area (Å²) >= 11 is 11.6. The predicted molar refractivity (Wildman–Crippen MR) is 65.2 cm³/mol. The van der Waals surface area contributed by atoms with Gasteiger partial charge in [0.05, 0.1) is 12.6 Å². The van der Waals surface area contributed by atoms with E-state index in [0.29, 0.717) is 15.6 Å². The summed E-state index contributed by atoms with van der Waals surface area (Å²) in [5.74, 6) is -4.20. The lowest BCUT2D eigenvalue weighted by atomic mass is 10.1. The molecule has 2 nitrogen and oxygen atoms in total. The lowest BCUT2D eigenvalue weighted by Gasteiger charge is -2.18. The number of halogens is 6. The molecule has 1 rings (SSSR count). The minimum absolute atomic E-state index is 0.293. The molecule has 0 bridgehead atoms. The number of alkyl halides is 4. The van der Waals surface area contributed by atoms with Crippen LogP contribution in [-0.4, -0.2) is 25.6 Å². The van der Waals surface area contributed by atoms with Crippen LogP contribution >= 0.6 is 23.2 Å². The maximum absolute atomic E-state index is 12.6. The number of ether oxygens (including phenoxy) is 1. The van der Waals surface area contributed by atoms with Crippen molar-refractivity contribution in [2.24, 2.45) is 5.73 Å². The summed E-state index contributed by atoms with van der Waals surface area (Å²) in [5, 5.41) is 0.661. The van der Waals surface area contributed by atoms with Crippen LogP contribution in [0.4, 0.5) is 17.6 Å². The second-order valence-electron chi connectivity index (χ2n) is 3.85. The van der Waals surface area contributed by atoms with Crippen molar-refractivity contribution in [1.82, 2.24) is 0 Å². The highest BCUT2D eigenvalue weighted by Gasteiger charge is 2.41. The smallest absolute Gasteiger partial charge is 0.330 e.